The molecule has 0 bridgehead atoms. The molecule has 1 unspecified atom stereocenters. The van der Waals surface area contributed by atoms with Crippen LogP contribution in [0.25, 0.3) is 0 Å². The third-order valence-electron chi connectivity index (χ3n) is 3.01. The molecule has 0 aromatic heterocycles. The summed E-state index contributed by atoms with van der Waals surface area (Å²) < 4.78 is 5.39. The van der Waals surface area contributed by atoms with Gasteiger partial charge in [0.05, 0.1) is 22.3 Å². The van der Waals surface area contributed by atoms with Crippen molar-refractivity contribution in [1.82, 2.24) is 0 Å². The van der Waals surface area contributed by atoms with Crippen molar-refractivity contribution in [2.75, 3.05) is 6.61 Å². The van der Waals surface area contributed by atoms with Gasteiger partial charge >= 0.3 is 0 Å². The summed E-state index contributed by atoms with van der Waals surface area (Å²) in [5.74, 6) is 0.313. The topological polar surface area (TPSA) is 35.2 Å². The molecule has 1 aromatic carbocycles. The Labute approximate surface area is 109 Å². The predicted molar refractivity (Wildman–Crippen MR) is 74.6 cm³/mol. The van der Waals surface area contributed by atoms with Crippen molar-refractivity contribution in [1.29, 1.82) is 0 Å². The molecule has 0 saturated carbocycles. The van der Waals surface area contributed by atoms with E-state index >= 15 is 0 Å². The summed E-state index contributed by atoms with van der Waals surface area (Å²) >= 11 is 0. The smallest absolute Gasteiger partial charge is 0.118 e. The van der Waals surface area contributed by atoms with E-state index in [-0.39, 0.29) is 28.5 Å². The van der Waals surface area contributed by atoms with E-state index in [1.807, 2.05) is 0 Å². The highest BCUT2D eigenvalue weighted by Gasteiger charge is 2.35. The fraction of sp³-hybridized carbons (Fsp3) is 0.333. The van der Waals surface area contributed by atoms with E-state index in [4.69, 9.17) is 57.5 Å². The first-order valence-electron chi connectivity index (χ1n) is 4.99. The fourth-order valence-corrected chi connectivity index (χ4v) is 1.84. The van der Waals surface area contributed by atoms with Crippen LogP contribution in [-0.2, 0) is 0 Å². The van der Waals surface area contributed by atoms with Crippen LogP contribution in [-0.4, -0.2) is 53.7 Å². The van der Waals surface area contributed by atoms with Crippen molar-refractivity contribution in [3.8, 4) is 5.75 Å². The minimum Gasteiger partial charge on any atom is -0.495 e. The molecule has 1 heterocycles. The standard InChI is InChI=1S/C9H5B6NO/c10-3-2-7(6(13)5(12)4(3)11)17-1-9(14,15)8(2)16/h8H,1,16H2. The maximum absolute atomic E-state index is 5.95. The molecular formula is C9H5B6NO. The van der Waals surface area contributed by atoms with Crippen LogP contribution in [0, 0.1) is 0 Å². The highest BCUT2D eigenvalue weighted by molar-refractivity contribution is 6.63. The summed E-state index contributed by atoms with van der Waals surface area (Å²) in [7, 11) is 34.7. The lowest BCUT2D eigenvalue weighted by Crippen LogP contribution is -2.54. The molecule has 1 atom stereocenters. The molecule has 1 aliphatic rings. The second kappa shape index (κ2) is 3.94. The lowest BCUT2D eigenvalue weighted by atomic mass is 9.48. The van der Waals surface area contributed by atoms with Gasteiger partial charge in [-0.2, -0.15) is 0 Å². The van der Waals surface area contributed by atoms with Crippen molar-refractivity contribution in [2.45, 2.75) is 11.3 Å². The molecule has 1 aromatic rings. The number of nitrogens with two attached hydrogens (primary N) is 1. The van der Waals surface area contributed by atoms with Crippen molar-refractivity contribution in [2.24, 2.45) is 5.73 Å². The van der Waals surface area contributed by atoms with Crippen LogP contribution in [0.3, 0.4) is 0 Å². The zero-order valence-electron chi connectivity index (χ0n) is 9.23. The minimum atomic E-state index is -1.23. The average Bonchev–Trinajstić information content (AvgIpc) is 2.27. The van der Waals surface area contributed by atoms with Gasteiger partial charge in [-0.05, 0) is 5.21 Å². The normalized spacial score (nSPS) is 21.6. The van der Waals surface area contributed by atoms with Crippen molar-refractivity contribution < 1.29 is 4.74 Å². The summed E-state index contributed by atoms with van der Waals surface area (Å²) in [5.41, 5.74) is 7.11. The highest BCUT2D eigenvalue weighted by atomic mass is 16.5. The summed E-state index contributed by atoms with van der Waals surface area (Å²) in [5, 5.41) is -1.23. The van der Waals surface area contributed by atoms with E-state index in [9.17, 15) is 0 Å². The minimum absolute atomic E-state index is 0.0220. The Morgan fingerprint density at radius 2 is 1.53 bits per heavy atom. The molecular weight excluding hydrogens is 203 g/mol. The zero-order chi connectivity index (χ0) is 13.0. The number of hydrogen-bond donors (Lipinski definition) is 1. The van der Waals surface area contributed by atoms with E-state index in [0.29, 0.717) is 11.3 Å². The molecule has 8 heteroatoms. The third kappa shape index (κ3) is 1.77. The van der Waals surface area contributed by atoms with Crippen molar-refractivity contribution in [3.63, 3.8) is 0 Å². The Morgan fingerprint density at radius 3 is 2.12 bits per heavy atom. The fourth-order valence-electron chi connectivity index (χ4n) is 1.84. The Balaban J connectivity index is 2.74. The van der Waals surface area contributed by atoms with Crippen molar-refractivity contribution >= 4 is 68.9 Å². The average molecular weight is 208 g/mol. The van der Waals surface area contributed by atoms with Gasteiger partial charge in [0.2, 0.25) is 0 Å². The first kappa shape index (κ1) is 12.8. The molecule has 0 spiro atoms. The molecule has 70 valence electrons. The Hall–Kier alpha value is -0.630. The van der Waals surface area contributed by atoms with Crippen LogP contribution in [0.1, 0.15) is 11.6 Å². The van der Waals surface area contributed by atoms with Gasteiger partial charge in [-0.25, -0.2) is 0 Å². The van der Waals surface area contributed by atoms with Gasteiger partial charge < -0.3 is 10.5 Å². The van der Waals surface area contributed by atoms with E-state index in [1.54, 1.807) is 0 Å². The van der Waals surface area contributed by atoms with Crippen LogP contribution in [0.4, 0.5) is 0 Å². The van der Waals surface area contributed by atoms with Gasteiger partial charge in [0.25, 0.3) is 0 Å². The molecule has 2 N–H and O–H groups in total. The maximum atomic E-state index is 5.95. The van der Waals surface area contributed by atoms with E-state index in [2.05, 4.69) is 0 Å². The van der Waals surface area contributed by atoms with Gasteiger partial charge in [0, 0.05) is 11.6 Å². The second-order valence-corrected chi connectivity index (χ2v) is 4.28. The Morgan fingerprint density at radius 1 is 1.00 bits per heavy atom. The van der Waals surface area contributed by atoms with Crippen LogP contribution < -0.4 is 32.3 Å². The molecule has 1 aliphatic heterocycles. The van der Waals surface area contributed by atoms with E-state index in [1.165, 1.54) is 0 Å². The molecule has 0 saturated heterocycles. The summed E-state index contributed by atoms with van der Waals surface area (Å²) in [6.45, 7) is 0.0220. The van der Waals surface area contributed by atoms with Crippen molar-refractivity contribution in [3.05, 3.63) is 5.56 Å². The Kier molecular flexibility index (Phi) is 2.97. The molecule has 0 fully saturated rings. The SMILES string of the molecule is [B]c1c([B])c([B])c2c(c1[B])OCC([B])([B])C2N. The third-order valence-corrected chi connectivity index (χ3v) is 3.01. The maximum Gasteiger partial charge on any atom is 0.118 e. The predicted octanol–water partition coefficient (Wildman–Crippen LogP) is -4.29. The number of ether oxygens (including phenoxy) is 1. The van der Waals surface area contributed by atoms with E-state index < -0.39 is 11.3 Å². The van der Waals surface area contributed by atoms with E-state index in [0.717, 1.165) is 0 Å². The summed E-state index contributed by atoms with van der Waals surface area (Å²) in [6, 6.07) is -0.726. The first-order chi connectivity index (χ1) is 7.77. The first-order valence-corrected chi connectivity index (χ1v) is 4.99. The largest absolute Gasteiger partial charge is 0.495 e. The molecule has 2 nitrogen and oxygen atoms in total. The quantitative estimate of drug-likeness (QED) is 0.438. The lowest BCUT2D eigenvalue weighted by molar-refractivity contribution is 0.255. The van der Waals surface area contributed by atoms with Crippen LogP contribution in [0.2, 0.25) is 5.21 Å². The second-order valence-electron chi connectivity index (χ2n) is 4.28. The van der Waals surface area contributed by atoms with Gasteiger partial charge in [0.1, 0.15) is 37.1 Å². The Bertz CT molecular complexity index is 489. The van der Waals surface area contributed by atoms with Gasteiger partial charge in [-0.3, -0.25) is 0 Å². The lowest BCUT2D eigenvalue weighted by Gasteiger charge is -2.41. The molecule has 0 aliphatic carbocycles. The van der Waals surface area contributed by atoms with Crippen LogP contribution >= 0.6 is 0 Å². The van der Waals surface area contributed by atoms with Crippen LogP contribution in [0.15, 0.2) is 0 Å². The molecule has 17 heavy (non-hydrogen) atoms. The number of rotatable bonds is 0. The molecule has 2 rings (SSSR count). The molecule has 0 amide bonds. The summed E-state index contributed by atoms with van der Waals surface area (Å²) in [6.07, 6.45) is 0. The van der Waals surface area contributed by atoms with Gasteiger partial charge in [-0.1, -0.05) is 10.9 Å². The van der Waals surface area contributed by atoms with Gasteiger partial charge in [-0.15, -0.1) is 10.9 Å². The molecule has 12 radical (unpaired) electrons. The van der Waals surface area contributed by atoms with Crippen LogP contribution in [0.5, 0.6) is 5.75 Å². The number of benzene rings is 1. The zero-order valence-corrected chi connectivity index (χ0v) is 9.23. The highest BCUT2D eigenvalue weighted by Crippen LogP contribution is 2.39. The summed E-state index contributed by atoms with van der Waals surface area (Å²) in [4.78, 5) is 0. The number of fused-ring (bicyclic) bond motifs is 1. The number of hydrogen-bond acceptors (Lipinski definition) is 2. The van der Waals surface area contributed by atoms with Gasteiger partial charge in [0.15, 0.2) is 0 Å². The monoisotopic (exact) mass is 209 g/mol.